The summed E-state index contributed by atoms with van der Waals surface area (Å²) in [6, 6.07) is 7.79. The molecule has 5 nitrogen and oxygen atoms in total. The van der Waals surface area contributed by atoms with Crippen LogP contribution < -0.4 is 15.8 Å². The van der Waals surface area contributed by atoms with E-state index in [-0.39, 0.29) is 18.6 Å². The van der Waals surface area contributed by atoms with Crippen molar-refractivity contribution in [3.05, 3.63) is 40.9 Å². The Morgan fingerprint density at radius 3 is 2.77 bits per heavy atom. The van der Waals surface area contributed by atoms with Crippen molar-refractivity contribution in [2.75, 3.05) is 11.9 Å². The molecule has 0 bridgehead atoms. The minimum Gasteiger partial charge on any atom is -0.484 e. The number of thiazole rings is 1. The SMILES string of the molecule is CCc1ccc(OCC(=O)Nc2nc(CC(C)N)cs2)cc1. The average Bonchev–Trinajstić information content (AvgIpc) is 2.92. The normalized spacial score (nSPS) is 12.0. The summed E-state index contributed by atoms with van der Waals surface area (Å²) in [5.41, 5.74) is 7.86. The lowest BCUT2D eigenvalue weighted by Crippen LogP contribution is -2.20. The van der Waals surface area contributed by atoms with Crippen LogP contribution in [0.5, 0.6) is 5.75 Å². The van der Waals surface area contributed by atoms with Gasteiger partial charge in [0, 0.05) is 17.8 Å². The van der Waals surface area contributed by atoms with Crippen LogP contribution in [-0.2, 0) is 17.6 Å². The molecule has 1 atom stereocenters. The van der Waals surface area contributed by atoms with Crippen molar-refractivity contribution in [3.8, 4) is 5.75 Å². The van der Waals surface area contributed by atoms with Crippen molar-refractivity contribution in [2.45, 2.75) is 32.7 Å². The monoisotopic (exact) mass is 319 g/mol. The van der Waals surface area contributed by atoms with Crippen molar-refractivity contribution in [1.29, 1.82) is 0 Å². The molecule has 1 aromatic heterocycles. The Balaban J connectivity index is 1.80. The molecule has 2 rings (SSSR count). The number of hydrogen-bond acceptors (Lipinski definition) is 5. The Kier molecular flexibility index (Phi) is 5.91. The van der Waals surface area contributed by atoms with Crippen molar-refractivity contribution in [3.63, 3.8) is 0 Å². The molecule has 1 aromatic carbocycles. The molecule has 1 heterocycles. The topological polar surface area (TPSA) is 77.2 Å². The molecule has 1 unspecified atom stereocenters. The second-order valence-corrected chi connectivity index (χ2v) is 6.02. The Labute approximate surface area is 134 Å². The van der Waals surface area contributed by atoms with Gasteiger partial charge in [0.1, 0.15) is 5.75 Å². The number of anilines is 1. The quantitative estimate of drug-likeness (QED) is 0.822. The standard InChI is InChI=1S/C16H21N3O2S/c1-3-12-4-6-14(7-5-12)21-9-15(20)19-16-18-13(10-22-16)8-11(2)17/h4-7,10-11H,3,8-9,17H2,1-2H3,(H,18,19,20). The molecule has 0 spiro atoms. The van der Waals surface area contributed by atoms with Crippen LogP contribution in [0.25, 0.3) is 0 Å². The van der Waals surface area contributed by atoms with Gasteiger partial charge in [-0.2, -0.15) is 0 Å². The first kappa shape index (κ1) is 16.5. The number of carbonyl (C=O) groups excluding carboxylic acids is 1. The first-order chi connectivity index (χ1) is 10.6. The number of aromatic nitrogens is 1. The van der Waals surface area contributed by atoms with E-state index in [0.717, 1.165) is 12.1 Å². The molecule has 1 amide bonds. The maximum Gasteiger partial charge on any atom is 0.264 e. The molecule has 0 fully saturated rings. The van der Waals surface area contributed by atoms with Gasteiger partial charge in [-0.1, -0.05) is 19.1 Å². The molecule has 118 valence electrons. The van der Waals surface area contributed by atoms with Gasteiger partial charge >= 0.3 is 0 Å². The van der Waals surface area contributed by atoms with Gasteiger partial charge in [0.25, 0.3) is 5.91 Å². The molecular formula is C16H21N3O2S. The van der Waals surface area contributed by atoms with E-state index in [9.17, 15) is 4.79 Å². The van der Waals surface area contributed by atoms with Gasteiger partial charge in [-0.25, -0.2) is 4.98 Å². The summed E-state index contributed by atoms with van der Waals surface area (Å²) in [7, 11) is 0. The minimum absolute atomic E-state index is 0.0341. The van der Waals surface area contributed by atoms with Crippen LogP contribution >= 0.6 is 11.3 Å². The van der Waals surface area contributed by atoms with Crippen molar-refractivity contribution < 1.29 is 9.53 Å². The van der Waals surface area contributed by atoms with E-state index in [0.29, 0.717) is 17.3 Å². The lowest BCUT2D eigenvalue weighted by atomic mass is 10.2. The molecule has 0 saturated carbocycles. The van der Waals surface area contributed by atoms with E-state index in [1.54, 1.807) is 0 Å². The predicted molar refractivity (Wildman–Crippen MR) is 89.4 cm³/mol. The summed E-state index contributed by atoms with van der Waals surface area (Å²) >= 11 is 1.39. The first-order valence-corrected chi connectivity index (χ1v) is 8.16. The number of nitrogens with two attached hydrogens (primary N) is 1. The van der Waals surface area contributed by atoms with E-state index < -0.39 is 0 Å². The summed E-state index contributed by atoms with van der Waals surface area (Å²) in [6.07, 6.45) is 1.68. The maximum atomic E-state index is 11.8. The minimum atomic E-state index is -0.221. The lowest BCUT2D eigenvalue weighted by Gasteiger charge is -2.06. The van der Waals surface area contributed by atoms with Gasteiger partial charge in [0.15, 0.2) is 11.7 Å². The van der Waals surface area contributed by atoms with Crippen LogP contribution in [0.3, 0.4) is 0 Å². The highest BCUT2D eigenvalue weighted by atomic mass is 32.1. The highest BCUT2D eigenvalue weighted by Gasteiger charge is 2.08. The fraction of sp³-hybridized carbons (Fsp3) is 0.375. The Morgan fingerprint density at radius 2 is 2.14 bits per heavy atom. The highest BCUT2D eigenvalue weighted by molar-refractivity contribution is 7.13. The Bertz CT molecular complexity index is 608. The summed E-state index contributed by atoms with van der Waals surface area (Å²) < 4.78 is 5.46. The largest absolute Gasteiger partial charge is 0.484 e. The molecule has 6 heteroatoms. The van der Waals surface area contributed by atoms with Crippen LogP contribution in [-0.4, -0.2) is 23.5 Å². The number of benzene rings is 1. The third-order valence-electron chi connectivity index (χ3n) is 3.03. The van der Waals surface area contributed by atoms with E-state index in [1.807, 2.05) is 36.6 Å². The summed E-state index contributed by atoms with van der Waals surface area (Å²) in [5.74, 6) is 0.463. The number of carbonyl (C=O) groups is 1. The number of nitrogens with one attached hydrogen (secondary N) is 1. The molecule has 22 heavy (non-hydrogen) atoms. The second kappa shape index (κ2) is 7.91. The number of nitrogens with zero attached hydrogens (tertiary/aromatic N) is 1. The third-order valence-corrected chi connectivity index (χ3v) is 3.84. The zero-order valence-electron chi connectivity index (χ0n) is 12.8. The zero-order chi connectivity index (χ0) is 15.9. The molecule has 0 aliphatic carbocycles. The predicted octanol–water partition coefficient (Wildman–Crippen LogP) is 2.61. The van der Waals surface area contributed by atoms with Crippen LogP contribution in [0.4, 0.5) is 5.13 Å². The fourth-order valence-electron chi connectivity index (χ4n) is 1.91. The first-order valence-electron chi connectivity index (χ1n) is 7.28. The van der Waals surface area contributed by atoms with Gasteiger partial charge < -0.3 is 10.5 Å². The number of amides is 1. The Morgan fingerprint density at radius 1 is 1.41 bits per heavy atom. The smallest absolute Gasteiger partial charge is 0.264 e. The van der Waals surface area contributed by atoms with Crippen LogP contribution in [0.15, 0.2) is 29.6 Å². The van der Waals surface area contributed by atoms with Crippen LogP contribution in [0.1, 0.15) is 25.1 Å². The molecule has 0 radical (unpaired) electrons. The Hall–Kier alpha value is -1.92. The molecule has 3 N–H and O–H groups in total. The van der Waals surface area contributed by atoms with E-state index in [4.69, 9.17) is 10.5 Å². The third kappa shape index (κ3) is 5.13. The van der Waals surface area contributed by atoms with Gasteiger partial charge in [0.2, 0.25) is 0 Å². The molecule has 0 aliphatic heterocycles. The lowest BCUT2D eigenvalue weighted by molar-refractivity contribution is -0.118. The average molecular weight is 319 g/mol. The molecular weight excluding hydrogens is 298 g/mol. The summed E-state index contributed by atoms with van der Waals surface area (Å²) in [6.45, 7) is 3.99. The molecule has 0 saturated heterocycles. The highest BCUT2D eigenvalue weighted by Crippen LogP contribution is 2.17. The summed E-state index contributed by atoms with van der Waals surface area (Å²) in [5, 5.41) is 5.21. The fourth-order valence-corrected chi connectivity index (χ4v) is 2.65. The number of hydrogen-bond donors (Lipinski definition) is 2. The van der Waals surface area contributed by atoms with Gasteiger partial charge in [0.05, 0.1) is 5.69 Å². The van der Waals surface area contributed by atoms with Crippen LogP contribution in [0, 0.1) is 0 Å². The van der Waals surface area contributed by atoms with Crippen molar-refractivity contribution >= 4 is 22.4 Å². The molecule has 2 aromatic rings. The van der Waals surface area contributed by atoms with E-state index in [1.165, 1.54) is 16.9 Å². The van der Waals surface area contributed by atoms with E-state index in [2.05, 4.69) is 17.2 Å². The summed E-state index contributed by atoms with van der Waals surface area (Å²) in [4.78, 5) is 16.2. The van der Waals surface area contributed by atoms with Gasteiger partial charge in [-0.05, 0) is 31.0 Å². The number of aryl methyl sites for hydroxylation is 1. The van der Waals surface area contributed by atoms with Gasteiger partial charge in [-0.15, -0.1) is 11.3 Å². The van der Waals surface area contributed by atoms with Crippen molar-refractivity contribution in [2.24, 2.45) is 5.73 Å². The van der Waals surface area contributed by atoms with Gasteiger partial charge in [-0.3, -0.25) is 10.1 Å². The van der Waals surface area contributed by atoms with Crippen molar-refractivity contribution in [1.82, 2.24) is 4.98 Å². The maximum absolute atomic E-state index is 11.8. The zero-order valence-corrected chi connectivity index (χ0v) is 13.7. The number of ether oxygens (including phenoxy) is 1. The number of rotatable bonds is 7. The van der Waals surface area contributed by atoms with Crippen LogP contribution in [0.2, 0.25) is 0 Å². The second-order valence-electron chi connectivity index (χ2n) is 5.16. The molecule has 0 aliphatic rings. The van der Waals surface area contributed by atoms with E-state index >= 15 is 0 Å².